The van der Waals surface area contributed by atoms with Crippen molar-refractivity contribution in [3.63, 3.8) is 0 Å². The molecule has 2 aromatic rings. The summed E-state index contributed by atoms with van der Waals surface area (Å²) in [6.07, 6.45) is 1.53. The Labute approximate surface area is 122 Å². The summed E-state index contributed by atoms with van der Waals surface area (Å²) < 4.78 is 5.33. The summed E-state index contributed by atoms with van der Waals surface area (Å²) in [7, 11) is 1.61. The number of ether oxygens (including phenoxy) is 1. The van der Waals surface area contributed by atoms with E-state index >= 15 is 0 Å². The van der Waals surface area contributed by atoms with Crippen molar-refractivity contribution in [2.24, 2.45) is 5.73 Å². The smallest absolute Gasteiger partial charge is 0.124 e. The maximum Gasteiger partial charge on any atom is 0.124 e. The molecule has 0 aliphatic carbocycles. The van der Waals surface area contributed by atoms with Crippen LogP contribution in [-0.4, -0.2) is 12.1 Å². The number of benzene rings is 1. The van der Waals surface area contributed by atoms with Crippen LogP contribution >= 0.6 is 23.2 Å². The molecule has 2 N–H and O–H groups in total. The summed E-state index contributed by atoms with van der Waals surface area (Å²) in [4.78, 5) is 4.21. The summed E-state index contributed by atoms with van der Waals surface area (Å²) in [5, 5.41) is 0.931. The van der Waals surface area contributed by atoms with Crippen molar-refractivity contribution in [1.29, 1.82) is 0 Å². The van der Waals surface area contributed by atoms with Gasteiger partial charge in [0.25, 0.3) is 0 Å². The van der Waals surface area contributed by atoms with Gasteiger partial charge in [0.15, 0.2) is 0 Å². The van der Waals surface area contributed by atoms with Crippen molar-refractivity contribution < 1.29 is 4.74 Å². The van der Waals surface area contributed by atoms with Crippen LogP contribution in [0.2, 0.25) is 10.0 Å². The first-order valence-corrected chi connectivity index (χ1v) is 6.49. The topological polar surface area (TPSA) is 48.1 Å². The molecule has 1 aromatic heterocycles. The van der Waals surface area contributed by atoms with Gasteiger partial charge in [-0.1, -0.05) is 40.9 Å². The predicted octanol–water partition coefficient (Wildman–Crippen LogP) is 3.75. The highest BCUT2D eigenvalue weighted by Gasteiger charge is 2.18. The van der Waals surface area contributed by atoms with E-state index in [4.69, 9.17) is 33.7 Å². The summed E-state index contributed by atoms with van der Waals surface area (Å²) in [6, 6.07) is 6.99. The van der Waals surface area contributed by atoms with Gasteiger partial charge in [0.05, 0.1) is 28.9 Å². The summed E-state index contributed by atoms with van der Waals surface area (Å²) in [5.74, 6) is 0.714. The van der Waals surface area contributed by atoms with Crippen LogP contribution < -0.4 is 10.5 Å². The molecule has 3 nitrogen and oxygen atoms in total. The average molecular weight is 297 g/mol. The van der Waals surface area contributed by atoms with E-state index in [9.17, 15) is 0 Å². The normalized spacial score (nSPS) is 12.3. The molecular weight excluding hydrogens is 283 g/mol. The third-order valence-electron chi connectivity index (χ3n) is 2.85. The number of halogens is 2. The Balaban J connectivity index is 2.49. The second-order valence-electron chi connectivity index (χ2n) is 4.24. The van der Waals surface area contributed by atoms with Gasteiger partial charge in [-0.15, -0.1) is 0 Å². The molecule has 0 saturated carbocycles. The van der Waals surface area contributed by atoms with Gasteiger partial charge in [0.1, 0.15) is 5.75 Å². The lowest BCUT2D eigenvalue weighted by Crippen LogP contribution is -2.15. The third kappa shape index (κ3) is 3.00. The largest absolute Gasteiger partial charge is 0.496 e. The van der Waals surface area contributed by atoms with Crippen LogP contribution in [0.3, 0.4) is 0 Å². The van der Waals surface area contributed by atoms with E-state index in [0.29, 0.717) is 21.5 Å². The monoisotopic (exact) mass is 296 g/mol. The van der Waals surface area contributed by atoms with E-state index in [2.05, 4.69) is 4.98 Å². The third-order valence-corrected chi connectivity index (χ3v) is 3.36. The fourth-order valence-electron chi connectivity index (χ4n) is 1.90. The number of aryl methyl sites for hydroxylation is 1. The molecule has 19 heavy (non-hydrogen) atoms. The first-order valence-electron chi connectivity index (χ1n) is 5.74. The second kappa shape index (κ2) is 5.78. The molecule has 0 amide bonds. The van der Waals surface area contributed by atoms with Crippen LogP contribution in [0.4, 0.5) is 0 Å². The zero-order valence-corrected chi connectivity index (χ0v) is 12.2. The van der Waals surface area contributed by atoms with Gasteiger partial charge in [0, 0.05) is 11.8 Å². The van der Waals surface area contributed by atoms with Crippen LogP contribution in [0.15, 0.2) is 30.5 Å². The van der Waals surface area contributed by atoms with E-state index in [1.54, 1.807) is 13.2 Å². The minimum Gasteiger partial charge on any atom is -0.496 e. The Morgan fingerprint density at radius 2 is 2.00 bits per heavy atom. The molecule has 0 aliphatic heterocycles. The molecule has 0 fully saturated rings. The molecule has 1 atom stereocenters. The quantitative estimate of drug-likeness (QED) is 0.938. The molecule has 1 aromatic carbocycles. The van der Waals surface area contributed by atoms with Crippen molar-refractivity contribution in [3.8, 4) is 5.75 Å². The molecule has 1 heterocycles. The van der Waals surface area contributed by atoms with Gasteiger partial charge >= 0.3 is 0 Å². The minimum atomic E-state index is -0.459. The van der Waals surface area contributed by atoms with E-state index in [1.807, 2.05) is 25.1 Å². The Kier molecular flexibility index (Phi) is 4.30. The Morgan fingerprint density at radius 1 is 1.26 bits per heavy atom. The number of nitrogens with zero attached hydrogens (tertiary/aromatic N) is 1. The van der Waals surface area contributed by atoms with Gasteiger partial charge in [-0.2, -0.15) is 0 Å². The number of hydrogen-bond donors (Lipinski definition) is 1. The number of hydrogen-bond acceptors (Lipinski definition) is 3. The van der Waals surface area contributed by atoms with Crippen molar-refractivity contribution >= 4 is 23.2 Å². The average Bonchev–Trinajstić information content (AvgIpc) is 2.38. The van der Waals surface area contributed by atoms with Gasteiger partial charge < -0.3 is 10.5 Å². The summed E-state index contributed by atoms with van der Waals surface area (Å²) in [6.45, 7) is 1.99. The number of rotatable bonds is 3. The lowest BCUT2D eigenvalue weighted by molar-refractivity contribution is 0.407. The van der Waals surface area contributed by atoms with Crippen LogP contribution in [0.1, 0.15) is 22.9 Å². The minimum absolute atomic E-state index is 0.448. The highest BCUT2D eigenvalue weighted by molar-refractivity contribution is 6.34. The first kappa shape index (κ1) is 14.1. The predicted molar refractivity (Wildman–Crippen MR) is 78.0 cm³/mol. The molecule has 0 aliphatic rings. The molecule has 0 spiro atoms. The standard InChI is InChI=1S/C14H14Cl2N2O/c1-8-3-4-12(19-2)10(5-8)13(17)14-11(16)6-9(15)7-18-14/h3-7,13H,17H2,1-2H3. The number of methoxy groups -OCH3 is 1. The van der Waals surface area contributed by atoms with Crippen molar-refractivity contribution in [2.45, 2.75) is 13.0 Å². The summed E-state index contributed by atoms with van der Waals surface area (Å²) in [5.41, 5.74) is 8.76. The zero-order valence-electron chi connectivity index (χ0n) is 10.7. The fourth-order valence-corrected chi connectivity index (χ4v) is 2.40. The molecule has 2 rings (SSSR count). The van der Waals surface area contributed by atoms with Gasteiger partial charge in [-0.25, -0.2) is 0 Å². The molecule has 0 radical (unpaired) electrons. The van der Waals surface area contributed by atoms with Crippen molar-refractivity contribution in [3.05, 3.63) is 57.3 Å². The summed E-state index contributed by atoms with van der Waals surface area (Å²) >= 11 is 12.0. The SMILES string of the molecule is COc1ccc(C)cc1C(N)c1ncc(Cl)cc1Cl. The van der Waals surface area contributed by atoms with Crippen molar-refractivity contribution in [1.82, 2.24) is 4.98 Å². The second-order valence-corrected chi connectivity index (χ2v) is 5.09. The van der Waals surface area contributed by atoms with E-state index in [0.717, 1.165) is 11.1 Å². The van der Waals surface area contributed by atoms with Crippen LogP contribution in [-0.2, 0) is 0 Å². The van der Waals surface area contributed by atoms with Crippen LogP contribution in [0.5, 0.6) is 5.75 Å². The molecule has 0 bridgehead atoms. The van der Waals surface area contributed by atoms with Crippen LogP contribution in [0.25, 0.3) is 0 Å². The number of aromatic nitrogens is 1. The highest BCUT2D eigenvalue weighted by atomic mass is 35.5. The molecular formula is C14H14Cl2N2O. The van der Waals surface area contributed by atoms with Gasteiger partial charge in [-0.3, -0.25) is 4.98 Å². The molecule has 100 valence electrons. The van der Waals surface area contributed by atoms with E-state index < -0.39 is 6.04 Å². The van der Waals surface area contributed by atoms with Crippen molar-refractivity contribution in [2.75, 3.05) is 7.11 Å². The zero-order chi connectivity index (χ0) is 14.0. The lowest BCUT2D eigenvalue weighted by Gasteiger charge is -2.17. The number of pyridine rings is 1. The molecule has 1 unspecified atom stereocenters. The Morgan fingerprint density at radius 3 is 2.63 bits per heavy atom. The Hall–Kier alpha value is -1.29. The molecule has 0 saturated heterocycles. The molecule has 5 heteroatoms. The van der Waals surface area contributed by atoms with Crippen LogP contribution in [0, 0.1) is 6.92 Å². The van der Waals surface area contributed by atoms with Gasteiger partial charge in [0.2, 0.25) is 0 Å². The number of nitrogens with two attached hydrogens (primary N) is 1. The Bertz CT molecular complexity index is 602. The highest BCUT2D eigenvalue weighted by Crippen LogP contribution is 2.32. The van der Waals surface area contributed by atoms with E-state index in [-0.39, 0.29) is 0 Å². The first-order chi connectivity index (χ1) is 9.02. The maximum absolute atomic E-state index is 6.24. The van der Waals surface area contributed by atoms with E-state index in [1.165, 1.54) is 6.20 Å². The fraction of sp³-hybridized carbons (Fsp3) is 0.214. The maximum atomic E-state index is 6.24. The lowest BCUT2D eigenvalue weighted by atomic mass is 10.0. The van der Waals surface area contributed by atoms with Gasteiger partial charge in [-0.05, 0) is 19.1 Å².